The van der Waals surface area contributed by atoms with Gasteiger partial charge in [0.25, 0.3) is 0 Å². The number of hydrogen-bond donors (Lipinski definition) is 1. The molecule has 0 aromatic carbocycles. The molecule has 70 valence electrons. The van der Waals surface area contributed by atoms with Gasteiger partial charge in [-0.15, -0.1) is 0 Å². The lowest BCUT2D eigenvalue weighted by atomic mass is 10.4. The van der Waals surface area contributed by atoms with E-state index in [0.717, 1.165) is 18.7 Å². The topological polar surface area (TPSA) is 32.3 Å². The molecule has 0 spiro atoms. The molecule has 0 aromatic rings. The van der Waals surface area contributed by atoms with Gasteiger partial charge in [-0.25, -0.2) is 0 Å². The summed E-state index contributed by atoms with van der Waals surface area (Å²) in [5.41, 5.74) is 0. The Labute approximate surface area is 77.9 Å². The van der Waals surface area contributed by atoms with Crippen molar-refractivity contribution >= 4 is 17.7 Å². The second-order valence-corrected chi connectivity index (χ2v) is 3.98. The summed E-state index contributed by atoms with van der Waals surface area (Å²) in [5.74, 6) is 1.37. The van der Waals surface area contributed by atoms with Gasteiger partial charge in [-0.05, 0) is 25.4 Å². The molecule has 1 amide bonds. The molecule has 0 aliphatic carbocycles. The smallest absolute Gasteiger partial charge is 0.237 e. The Morgan fingerprint density at radius 2 is 2.50 bits per heavy atom. The SMILES string of the molecule is CSCCCN1C(=O)CNC1C. The van der Waals surface area contributed by atoms with E-state index in [1.54, 1.807) is 0 Å². The average Bonchev–Trinajstić information content (AvgIpc) is 2.35. The van der Waals surface area contributed by atoms with Crippen molar-refractivity contribution in [3.05, 3.63) is 0 Å². The van der Waals surface area contributed by atoms with Gasteiger partial charge < -0.3 is 4.90 Å². The lowest BCUT2D eigenvalue weighted by Gasteiger charge is -2.20. The summed E-state index contributed by atoms with van der Waals surface area (Å²) in [6.07, 6.45) is 3.42. The van der Waals surface area contributed by atoms with Crippen LogP contribution in [0.5, 0.6) is 0 Å². The third-order valence-electron chi connectivity index (χ3n) is 2.08. The molecule has 0 aromatic heterocycles. The summed E-state index contributed by atoms with van der Waals surface area (Å²) in [4.78, 5) is 13.1. The molecule has 0 radical (unpaired) electrons. The van der Waals surface area contributed by atoms with E-state index in [9.17, 15) is 4.79 Å². The fraction of sp³-hybridized carbons (Fsp3) is 0.875. The number of nitrogens with one attached hydrogen (secondary N) is 1. The lowest BCUT2D eigenvalue weighted by Crippen LogP contribution is -2.35. The van der Waals surface area contributed by atoms with Crippen molar-refractivity contribution in [2.45, 2.75) is 19.5 Å². The first-order chi connectivity index (χ1) is 5.75. The maximum Gasteiger partial charge on any atom is 0.237 e. The summed E-state index contributed by atoms with van der Waals surface area (Å²) in [7, 11) is 0. The molecule has 0 bridgehead atoms. The van der Waals surface area contributed by atoms with Gasteiger partial charge in [0, 0.05) is 6.54 Å². The Morgan fingerprint density at radius 3 is 3.00 bits per heavy atom. The van der Waals surface area contributed by atoms with Gasteiger partial charge >= 0.3 is 0 Å². The molecule has 4 heteroatoms. The van der Waals surface area contributed by atoms with Crippen molar-refractivity contribution in [3.63, 3.8) is 0 Å². The Bertz CT molecular complexity index is 163. The van der Waals surface area contributed by atoms with E-state index in [0.29, 0.717) is 6.54 Å². The van der Waals surface area contributed by atoms with Crippen molar-refractivity contribution in [2.24, 2.45) is 0 Å². The van der Waals surface area contributed by atoms with E-state index in [-0.39, 0.29) is 12.1 Å². The highest BCUT2D eigenvalue weighted by atomic mass is 32.2. The summed E-state index contributed by atoms with van der Waals surface area (Å²) in [6.45, 7) is 3.44. The van der Waals surface area contributed by atoms with Crippen molar-refractivity contribution < 1.29 is 4.79 Å². The largest absolute Gasteiger partial charge is 0.326 e. The van der Waals surface area contributed by atoms with Crippen molar-refractivity contribution in [2.75, 3.05) is 25.1 Å². The average molecular weight is 188 g/mol. The summed E-state index contributed by atoms with van der Waals surface area (Å²) in [6, 6.07) is 0. The number of rotatable bonds is 4. The molecule has 1 saturated heterocycles. The minimum atomic E-state index is 0.236. The van der Waals surface area contributed by atoms with Crippen LogP contribution in [0.15, 0.2) is 0 Å². The van der Waals surface area contributed by atoms with Gasteiger partial charge in [0.2, 0.25) is 5.91 Å². The number of thioether (sulfide) groups is 1. The first-order valence-corrected chi connectivity index (χ1v) is 5.67. The van der Waals surface area contributed by atoms with Gasteiger partial charge in [0.1, 0.15) is 0 Å². The van der Waals surface area contributed by atoms with Crippen LogP contribution in [-0.4, -0.2) is 42.1 Å². The van der Waals surface area contributed by atoms with Crippen LogP contribution in [0.4, 0.5) is 0 Å². The lowest BCUT2D eigenvalue weighted by molar-refractivity contribution is -0.127. The normalized spacial score (nSPS) is 23.7. The zero-order valence-corrected chi connectivity index (χ0v) is 8.49. The maximum absolute atomic E-state index is 11.2. The van der Waals surface area contributed by atoms with Crippen LogP contribution in [0.25, 0.3) is 0 Å². The van der Waals surface area contributed by atoms with Gasteiger partial charge in [-0.2, -0.15) is 11.8 Å². The van der Waals surface area contributed by atoms with E-state index in [2.05, 4.69) is 11.6 Å². The zero-order valence-electron chi connectivity index (χ0n) is 7.67. The van der Waals surface area contributed by atoms with Crippen LogP contribution in [0, 0.1) is 0 Å². The quantitative estimate of drug-likeness (QED) is 0.653. The second kappa shape index (κ2) is 4.72. The molecular weight excluding hydrogens is 172 g/mol. The van der Waals surface area contributed by atoms with Crippen LogP contribution in [0.2, 0.25) is 0 Å². The van der Waals surface area contributed by atoms with Gasteiger partial charge in [0.15, 0.2) is 0 Å². The Kier molecular flexibility index (Phi) is 3.88. The molecule has 3 nitrogen and oxygen atoms in total. The van der Waals surface area contributed by atoms with E-state index < -0.39 is 0 Å². The van der Waals surface area contributed by atoms with Crippen molar-refractivity contribution in [1.82, 2.24) is 10.2 Å². The molecule has 1 rings (SSSR count). The van der Waals surface area contributed by atoms with Gasteiger partial charge in [-0.3, -0.25) is 10.1 Å². The van der Waals surface area contributed by atoms with Crippen LogP contribution < -0.4 is 5.32 Å². The standard InChI is InChI=1S/C8H16N2OS/c1-7-9-6-8(11)10(7)4-3-5-12-2/h7,9H,3-6H2,1-2H3. The minimum absolute atomic E-state index is 0.236. The van der Waals surface area contributed by atoms with Gasteiger partial charge in [-0.1, -0.05) is 0 Å². The first kappa shape index (κ1) is 9.86. The van der Waals surface area contributed by atoms with E-state index >= 15 is 0 Å². The van der Waals surface area contributed by atoms with Crippen LogP contribution in [-0.2, 0) is 4.79 Å². The number of amides is 1. The molecule has 1 N–H and O–H groups in total. The van der Waals surface area contributed by atoms with E-state index in [1.165, 1.54) is 0 Å². The monoisotopic (exact) mass is 188 g/mol. The molecule has 1 fully saturated rings. The molecule has 1 aliphatic heterocycles. The molecule has 1 aliphatic rings. The number of carbonyl (C=O) groups excluding carboxylic acids is 1. The summed E-state index contributed by atoms with van der Waals surface area (Å²) >= 11 is 1.83. The highest BCUT2D eigenvalue weighted by molar-refractivity contribution is 7.98. The van der Waals surface area contributed by atoms with Crippen molar-refractivity contribution in [3.8, 4) is 0 Å². The van der Waals surface area contributed by atoms with E-state index in [4.69, 9.17) is 0 Å². The predicted octanol–water partition coefficient (Wildman–Crippen LogP) is 0.517. The molecule has 1 heterocycles. The predicted molar refractivity (Wildman–Crippen MR) is 52.2 cm³/mol. The Morgan fingerprint density at radius 1 is 1.75 bits per heavy atom. The second-order valence-electron chi connectivity index (χ2n) is 2.99. The van der Waals surface area contributed by atoms with Gasteiger partial charge in [0.05, 0.1) is 12.7 Å². The van der Waals surface area contributed by atoms with Crippen LogP contribution in [0.1, 0.15) is 13.3 Å². The number of nitrogens with zero attached hydrogens (tertiary/aromatic N) is 1. The van der Waals surface area contributed by atoms with Crippen LogP contribution in [0.3, 0.4) is 0 Å². The number of hydrogen-bond acceptors (Lipinski definition) is 3. The third kappa shape index (κ3) is 2.38. The molecule has 1 atom stereocenters. The minimum Gasteiger partial charge on any atom is -0.326 e. The molecular formula is C8H16N2OS. The third-order valence-corrected chi connectivity index (χ3v) is 2.78. The highest BCUT2D eigenvalue weighted by Crippen LogP contribution is 2.06. The fourth-order valence-corrected chi connectivity index (χ4v) is 1.78. The summed E-state index contributed by atoms with van der Waals surface area (Å²) < 4.78 is 0. The molecule has 0 saturated carbocycles. The van der Waals surface area contributed by atoms with Crippen molar-refractivity contribution in [1.29, 1.82) is 0 Å². The Balaban J connectivity index is 2.25. The number of carbonyl (C=O) groups is 1. The van der Waals surface area contributed by atoms with E-state index in [1.807, 2.05) is 23.6 Å². The zero-order chi connectivity index (χ0) is 8.97. The highest BCUT2D eigenvalue weighted by Gasteiger charge is 2.25. The molecule has 12 heavy (non-hydrogen) atoms. The fourth-order valence-electron chi connectivity index (χ4n) is 1.36. The Hall–Kier alpha value is -0.220. The molecule has 1 unspecified atom stereocenters. The first-order valence-electron chi connectivity index (χ1n) is 4.27. The van der Waals surface area contributed by atoms with Crippen LogP contribution >= 0.6 is 11.8 Å². The summed E-state index contributed by atoms with van der Waals surface area (Å²) in [5, 5.41) is 3.12. The maximum atomic E-state index is 11.2.